The Morgan fingerprint density at radius 1 is 1.16 bits per heavy atom. The highest BCUT2D eigenvalue weighted by Gasteiger charge is 2.33. The van der Waals surface area contributed by atoms with Crippen molar-refractivity contribution in [3.8, 4) is 0 Å². The number of fused-ring (bicyclic) bond motifs is 1. The average molecular weight is 436 g/mol. The van der Waals surface area contributed by atoms with E-state index in [2.05, 4.69) is 15.8 Å². The first-order valence-electron chi connectivity index (χ1n) is 10.3. The van der Waals surface area contributed by atoms with Gasteiger partial charge in [-0.1, -0.05) is 36.3 Å². The van der Waals surface area contributed by atoms with Crippen molar-refractivity contribution in [2.45, 2.75) is 33.7 Å². The summed E-state index contributed by atoms with van der Waals surface area (Å²) in [5.41, 5.74) is 4.38. The molecule has 0 atom stereocenters. The lowest BCUT2D eigenvalue weighted by Crippen LogP contribution is -2.30. The lowest BCUT2D eigenvalue weighted by atomic mass is 10.1. The highest BCUT2D eigenvalue weighted by molar-refractivity contribution is 7.09. The molecule has 3 aromatic rings. The third kappa shape index (κ3) is 4.05. The standard InChI is InChI=1S/C24H25N3O3S/c1-4-11-26-21-10-6-5-9-19(21)23(24(26)29)25-30-15-22(28)20-13-16(2)27(17(20)3)14-18-8-7-12-31-18/h5-10,12-13H,4,11,14-15H2,1-3H3. The third-order valence-corrected chi connectivity index (χ3v) is 6.33. The number of para-hydroxylation sites is 1. The van der Waals surface area contributed by atoms with E-state index in [-0.39, 0.29) is 24.0 Å². The first-order valence-corrected chi connectivity index (χ1v) is 11.2. The number of hydrogen-bond acceptors (Lipinski definition) is 5. The zero-order valence-electron chi connectivity index (χ0n) is 17.9. The Bertz CT molecular complexity index is 1150. The number of oxime groups is 1. The fourth-order valence-corrected chi connectivity index (χ4v) is 4.61. The van der Waals surface area contributed by atoms with Crippen molar-refractivity contribution in [3.63, 3.8) is 0 Å². The molecule has 0 spiro atoms. The number of carbonyl (C=O) groups excluding carboxylic acids is 2. The van der Waals surface area contributed by atoms with Crippen LogP contribution in [0, 0.1) is 13.8 Å². The predicted molar refractivity (Wildman–Crippen MR) is 123 cm³/mol. The van der Waals surface area contributed by atoms with Gasteiger partial charge in [0.05, 0.1) is 12.2 Å². The summed E-state index contributed by atoms with van der Waals surface area (Å²) in [6.45, 7) is 7.10. The number of amides is 1. The van der Waals surface area contributed by atoms with Gasteiger partial charge in [-0.25, -0.2) is 0 Å². The van der Waals surface area contributed by atoms with Gasteiger partial charge in [-0.3, -0.25) is 9.59 Å². The van der Waals surface area contributed by atoms with Crippen molar-refractivity contribution in [1.29, 1.82) is 0 Å². The van der Waals surface area contributed by atoms with Gasteiger partial charge in [0.1, 0.15) is 0 Å². The van der Waals surface area contributed by atoms with E-state index < -0.39 is 0 Å². The molecule has 1 aliphatic heterocycles. The summed E-state index contributed by atoms with van der Waals surface area (Å²) in [6.07, 6.45) is 0.841. The molecule has 0 radical (unpaired) electrons. The molecule has 6 nitrogen and oxygen atoms in total. The summed E-state index contributed by atoms with van der Waals surface area (Å²) >= 11 is 1.69. The smallest absolute Gasteiger partial charge is 0.281 e. The van der Waals surface area contributed by atoms with Gasteiger partial charge in [-0.15, -0.1) is 11.3 Å². The molecule has 0 saturated heterocycles. The number of aryl methyl sites for hydroxylation is 1. The van der Waals surface area contributed by atoms with E-state index in [0.717, 1.165) is 35.6 Å². The minimum atomic E-state index is -0.212. The number of nitrogens with zero attached hydrogens (tertiary/aromatic N) is 3. The van der Waals surface area contributed by atoms with Crippen molar-refractivity contribution in [2.75, 3.05) is 18.1 Å². The molecule has 1 aromatic carbocycles. The number of hydrogen-bond donors (Lipinski definition) is 0. The second-order valence-corrected chi connectivity index (χ2v) is 8.59. The average Bonchev–Trinajstić information content (AvgIpc) is 3.44. The number of anilines is 1. The van der Waals surface area contributed by atoms with Crippen LogP contribution in [-0.2, 0) is 16.2 Å². The Labute approximate surface area is 185 Å². The molecule has 4 rings (SSSR count). The maximum absolute atomic E-state index is 12.8. The Hall–Kier alpha value is -3.19. The van der Waals surface area contributed by atoms with Gasteiger partial charge in [0.15, 0.2) is 12.3 Å². The van der Waals surface area contributed by atoms with Crippen LogP contribution in [0.2, 0.25) is 0 Å². The number of aromatic nitrogens is 1. The number of ketones is 1. The highest BCUT2D eigenvalue weighted by Crippen LogP contribution is 2.29. The van der Waals surface area contributed by atoms with E-state index >= 15 is 0 Å². The Morgan fingerprint density at radius 2 is 1.97 bits per heavy atom. The van der Waals surface area contributed by atoms with Crippen LogP contribution < -0.4 is 4.90 Å². The molecule has 2 aromatic heterocycles. The van der Waals surface area contributed by atoms with Gasteiger partial charge in [0.2, 0.25) is 5.78 Å². The van der Waals surface area contributed by atoms with Crippen molar-refractivity contribution in [2.24, 2.45) is 5.16 Å². The fraction of sp³-hybridized carbons (Fsp3) is 0.292. The predicted octanol–water partition coefficient (Wildman–Crippen LogP) is 4.57. The van der Waals surface area contributed by atoms with Crippen LogP contribution in [0.3, 0.4) is 0 Å². The van der Waals surface area contributed by atoms with Crippen LogP contribution in [0.1, 0.15) is 45.5 Å². The van der Waals surface area contributed by atoms with Crippen molar-refractivity contribution < 1.29 is 14.4 Å². The van der Waals surface area contributed by atoms with Gasteiger partial charge < -0.3 is 14.3 Å². The van der Waals surface area contributed by atoms with Crippen LogP contribution >= 0.6 is 11.3 Å². The van der Waals surface area contributed by atoms with Crippen LogP contribution in [0.5, 0.6) is 0 Å². The van der Waals surface area contributed by atoms with Crippen molar-refractivity contribution in [1.82, 2.24) is 4.57 Å². The zero-order valence-corrected chi connectivity index (χ0v) is 18.7. The highest BCUT2D eigenvalue weighted by atomic mass is 32.1. The van der Waals surface area contributed by atoms with Gasteiger partial charge >= 0.3 is 0 Å². The SMILES string of the molecule is CCCN1C(=O)C(=NOCC(=O)c2cc(C)n(Cc3cccs3)c2C)c2ccccc21. The number of benzene rings is 1. The first kappa shape index (κ1) is 21.1. The quantitative estimate of drug-likeness (QED) is 0.384. The second-order valence-electron chi connectivity index (χ2n) is 7.56. The Morgan fingerprint density at radius 3 is 2.71 bits per heavy atom. The molecule has 160 valence electrons. The van der Waals surface area contributed by atoms with Gasteiger partial charge in [-0.05, 0) is 43.8 Å². The maximum atomic E-state index is 12.8. The molecule has 0 unspecified atom stereocenters. The summed E-state index contributed by atoms with van der Waals surface area (Å²) < 4.78 is 2.13. The number of Topliss-reactive ketones (excluding diaryl/α,β-unsaturated/α-hetero) is 1. The molecule has 3 heterocycles. The molecular formula is C24H25N3O3S. The summed E-state index contributed by atoms with van der Waals surface area (Å²) in [5.74, 6) is -0.344. The molecule has 0 aliphatic carbocycles. The van der Waals surface area contributed by atoms with Crippen LogP contribution in [0.25, 0.3) is 0 Å². The van der Waals surface area contributed by atoms with E-state index in [4.69, 9.17) is 4.84 Å². The molecule has 1 aliphatic rings. The van der Waals surface area contributed by atoms with Crippen LogP contribution in [0.15, 0.2) is 53.0 Å². The molecule has 0 bridgehead atoms. The molecule has 0 N–H and O–H groups in total. The number of thiophene rings is 1. The largest absolute Gasteiger partial charge is 0.387 e. The molecule has 31 heavy (non-hydrogen) atoms. The molecule has 0 saturated carbocycles. The van der Waals surface area contributed by atoms with E-state index in [0.29, 0.717) is 12.1 Å². The molecular weight excluding hydrogens is 410 g/mol. The van der Waals surface area contributed by atoms with Crippen molar-refractivity contribution >= 4 is 34.4 Å². The molecule has 1 amide bonds. The minimum absolute atomic E-state index is 0.154. The van der Waals surface area contributed by atoms with E-state index in [1.807, 2.05) is 62.5 Å². The van der Waals surface area contributed by atoms with Gasteiger partial charge in [0.25, 0.3) is 5.91 Å². The molecule has 7 heteroatoms. The van der Waals surface area contributed by atoms with Gasteiger partial charge in [-0.2, -0.15) is 0 Å². The summed E-state index contributed by atoms with van der Waals surface area (Å²) in [4.78, 5) is 33.9. The summed E-state index contributed by atoms with van der Waals surface area (Å²) in [7, 11) is 0. The minimum Gasteiger partial charge on any atom is -0.387 e. The van der Waals surface area contributed by atoms with E-state index in [1.54, 1.807) is 16.2 Å². The Kier molecular flexibility index (Phi) is 6.04. The lowest BCUT2D eigenvalue weighted by molar-refractivity contribution is -0.112. The van der Waals surface area contributed by atoms with Gasteiger partial charge in [0, 0.05) is 33.9 Å². The normalized spacial score (nSPS) is 14.4. The van der Waals surface area contributed by atoms with E-state index in [9.17, 15) is 9.59 Å². The van der Waals surface area contributed by atoms with Crippen molar-refractivity contribution in [3.05, 3.63) is 75.2 Å². The Balaban J connectivity index is 1.48. The first-order chi connectivity index (χ1) is 15.0. The molecule has 0 fully saturated rings. The zero-order chi connectivity index (χ0) is 22.0. The lowest BCUT2D eigenvalue weighted by Gasteiger charge is -2.14. The second kappa shape index (κ2) is 8.89. The summed E-state index contributed by atoms with van der Waals surface area (Å²) in [5, 5.41) is 6.11. The number of carbonyl (C=O) groups is 2. The van der Waals surface area contributed by atoms with Crippen LogP contribution in [-0.4, -0.2) is 35.1 Å². The fourth-order valence-electron chi connectivity index (χ4n) is 3.91. The topological polar surface area (TPSA) is 63.9 Å². The summed E-state index contributed by atoms with van der Waals surface area (Å²) in [6, 6.07) is 13.5. The van der Waals surface area contributed by atoms with Crippen LogP contribution in [0.4, 0.5) is 5.69 Å². The third-order valence-electron chi connectivity index (χ3n) is 5.46. The number of rotatable bonds is 8. The van der Waals surface area contributed by atoms with E-state index in [1.165, 1.54) is 4.88 Å². The monoisotopic (exact) mass is 435 g/mol. The maximum Gasteiger partial charge on any atom is 0.281 e.